The van der Waals surface area contributed by atoms with Gasteiger partial charge in [-0.3, -0.25) is 0 Å². The van der Waals surface area contributed by atoms with Gasteiger partial charge in [0.2, 0.25) is 0 Å². The van der Waals surface area contributed by atoms with E-state index in [0.29, 0.717) is 12.1 Å². The molecule has 3 nitrogen and oxygen atoms in total. The summed E-state index contributed by atoms with van der Waals surface area (Å²) < 4.78 is 6.36. The number of benzene rings is 1. The Bertz CT molecular complexity index is 398. The van der Waals surface area contributed by atoms with Crippen molar-refractivity contribution < 1.29 is 4.74 Å². The van der Waals surface area contributed by atoms with E-state index < -0.39 is 0 Å². The molecule has 0 aromatic heterocycles. The molecule has 2 unspecified atom stereocenters. The zero-order valence-corrected chi connectivity index (χ0v) is 14.1. The van der Waals surface area contributed by atoms with Gasteiger partial charge >= 0.3 is 0 Å². The quantitative estimate of drug-likeness (QED) is 0.827. The Kier molecular flexibility index (Phi) is 6.83. The van der Waals surface area contributed by atoms with Crippen molar-refractivity contribution in [3.05, 3.63) is 28.2 Å². The van der Waals surface area contributed by atoms with E-state index in [1.165, 1.54) is 11.3 Å². The molecule has 0 saturated carbocycles. The van der Waals surface area contributed by atoms with Crippen LogP contribution in [0.5, 0.6) is 0 Å². The molecule has 0 radical (unpaired) electrons. The van der Waals surface area contributed by atoms with E-state index in [1.807, 2.05) is 0 Å². The molecule has 0 saturated heterocycles. The van der Waals surface area contributed by atoms with Crippen molar-refractivity contribution >= 4 is 21.6 Å². The summed E-state index contributed by atoms with van der Waals surface area (Å²) in [6, 6.07) is 7.14. The van der Waals surface area contributed by atoms with E-state index in [9.17, 15) is 0 Å². The second kappa shape index (κ2) is 7.88. The lowest BCUT2D eigenvalue weighted by Gasteiger charge is -2.30. The molecule has 0 amide bonds. The van der Waals surface area contributed by atoms with Gasteiger partial charge in [-0.1, -0.05) is 28.9 Å². The Labute approximate surface area is 125 Å². The highest BCUT2D eigenvalue weighted by atomic mass is 79.9. The number of likely N-dealkylation sites (N-methyl/N-ethyl adjacent to an activating group) is 1. The SMILES string of the molecule is CCNC(C)c1ccc(Br)cc1N(C)C(C)COC. The first-order valence-corrected chi connectivity index (χ1v) is 7.55. The summed E-state index contributed by atoms with van der Waals surface area (Å²) in [4.78, 5) is 2.28. The molecule has 1 aromatic rings. The van der Waals surface area contributed by atoms with Crippen molar-refractivity contribution in [2.45, 2.75) is 32.9 Å². The molecular formula is C15H25BrN2O. The van der Waals surface area contributed by atoms with E-state index in [1.54, 1.807) is 7.11 Å². The van der Waals surface area contributed by atoms with Crippen LogP contribution in [-0.2, 0) is 4.74 Å². The van der Waals surface area contributed by atoms with Crippen LogP contribution in [0.3, 0.4) is 0 Å². The van der Waals surface area contributed by atoms with Crippen LogP contribution >= 0.6 is 15.9 Å². The average molecular weight is 329 g/mol. The van der Waals surface area contributed by atoms with Gasteiger partial charge in [0.05, 0.1) is 6.61 Å². The molecule has 0 aliphatic carbocycles. The summed E-state index contributed by atoms with van der Waals surface area (Å²) in [5, 5.41) is 3.47. The second-order valence-corrected chi connectivity index (χ2v) is 5.81. The minimum Gasteiger partial charge on any atom is -0.383 e. The first kappa shape index (κ1) is 16.5. The number of ether oxygens (including phenoxy) is 1. The molecule has 4 heteroatoms. The Balaban J connectivity index is 3.05. The van der Waals surface area contributed by atoms with Crippen molar-refractivity contribution in [2.75, 3.05) is 32.2 Å². The van der Waals surface area contributed by atoms with Gasteiger partial charge in [0, 0.05) is 36.4 Å². The van der Waals surface area contributed by atoms with Crippen LogP contribution in [0.25, 0.3) is 0 Å². The van der Waals surface area contributed by atoms with E-state index in [-0.39, 0.29) is 0 Å². The van der Waals surface area contributed by atoms with Crippen molar-refractivity contribution in [3.63, 3.8) is 0 Å². The topological polar surface area (TPSA) is 24.5 Å². The number of methoxy groups -OCH3 is 1. The van der Waals surface area contributed by atoms with Crippen LogP contribution in [0.1, 0.15) is 32.4 Å². The lowest BCUT2D eigenvalue weighted by molar-refractivity contribution is 0.183. The third kappa shape index (κ3) is 4.48. The van der Waals surface area contributed by atoms with Crippen LogP contribution in [0.15, 0.2) is 22.7 Å². The fourth-order valence-electron chi connectivity index (χ4n) is 2.20. The summed E-state index contributed by atoms with van der Waals surface area (Å²) in [6.45, 7) is 8.19. The molecule has 0 spiro atoms. The molecule has 2 atom stereocenters. The van der Waals surface area contributed by atoms with Crippen molar-refractivity contribution in [3.8, 4) is 0 Å². The van der Waals surface area contributed by atoms with E-state index in [2.05, 4.69) is 72.2 Å². The Morgan fingerprint density at radius 2 is 2.05 bits per heavy atom. The fourth-order valence-corrected chi connectivity index (χ4v) is 2.54. The zero-order valence-electron chi connectivity index (χ0n) is 12.5. The smallest absolute Gasteiger partial charge is 0.0663 e. The van der Waals surface area contributed by atoms with Gasteiger partial charge in [0.25, 0.3) is 0 Å². The first-order valence-electron chi connectivity index (χ1n) is 6.75. The number of halogens is 1. The van der Waals surface area contributed by atoms with Crippen molar-refractivity contribution in [2.24, 2.45) is 0 Å². The maximum Gasteiger partial charge on any atom is 0.0663 e. The van der Waals surface area contributed by atoms with Gasteiger partial charge < -0.3 is 15.0 Å². The second-order valence-electron chi connectivity index (χ2n) is 4.90. The minimum absolute atomic E-state index is 0.338. The fraction of sp³-hybridized carbons (Fsp3) is 0.600. The molecule has 19 heavy (non-hydrogen) atoms. The predicted molar refractivity (Wildman–Crippen MR) is 86.0 cm³/mol. The predicted octanol–water partition coefficient (Wildman–Crippen LogP) is 3.59. The largest absolute Gasteiger partial charge is 0.383 e. The third-order valence-electron chi connectivity index (χ3n) is 3.42. The Morgan fingerprint density at radius 1 is 1.37 bits per heavy atom. The Morgan fingerprint density at radius 3 is 2.63 bits per heavy atom. The minimum atomic E-state index is 0.338. The van der Waals surface area contributed by atoms with Gasteiger partial charge in [0.15, 0.2) is 0 Å². The van der Waals surface area contributed by atoms with Crippen LogP contribution in [0.4, 0.5) is 5.69 Å². The molecule has 0 aliphatic heterocycles. The summed E-state index contributed by atoms with van der Waals surface area (Å²) in [7, 11) is 3.86. The maximum absolute atomic E-state index is 5.26. The standard InChI is InChI=1S/C15H25BrN2O/c1-6-17-12(3)14-8-7-13(16)9-15(14)18(4)11(2)10-19-5/h7-9,11-12,17H,6,10H2,1-5H3. The monoisotopic (exact) mass is 328 g/mol. The first-order chi connectivity index (χ1) is 9.01. The molecule has 0 fully saturated rings. The molecule has 0 bridgehead atoms. The van der Waals surface area contributed by atoms with Gasteiger partial charge in [-0.25, -0.2) is 0 Å². The number of nitrogens with zero attached hydrogens (tertiary/aromatic N) is 1. The van der Waals surface area contributed by atoms with Gasteiger partial charge in [-0.2, -0.15) is 0 Å². The van der Waals surface area contributed by atoms with Crippen molar-refractivity contribution in [1.82, 2.24) is 5.32 Å². The highest BCUT2D eigenvalue weighted by Crippen LogP contribution is 2.30. The molecular weight excluding hydrogens is 304 g/mol. The molecule has 108 valence electrons. The number of rotatable bonds is 7. The van der Waals surface area contributed by atoms with Crippen molar-refractivity contribution in [1.29, 1.82) is 0 Å². The average Bonchev–Trinajstić information content (AvgIpc) is 2.38. The molecule has 0 heterocycles. The third-order valence-corrected chi connectivity index (χ3v) is 3.91. The summed E-state index contributed by atoms with van der Waals surface area (Å²) in [5.74, 6) is 0. The number of hydrogen-bond donors (Lipinski definition) is 1. The maximum atomic E-state index is 5.26. The van der Waals surface area contributed by atoms with Crippen LogP contribution in [-0.4, -0.2) is 33.4 Å². The van der Waals surface area contributed by atoms with Gasteiger partial charge in [-0.05, 0) is 38.1 Å². The van der Waals surface area contributed by atoms with Crippen LogP contribution in [0, 0.1) is 0 Å². The number of nitrogens with one attached hydrogen (secondary N) is 1. The highest BCUT2D eigenvalue weighted by Gasteiger charge is 2.17. The summed E-state index contributed by atoms with van der Waals surface area (Å²) >= 11 is 3.56. The molecule has 0 aliphatic rings. The van der Waals surface area contributed by atoms with Gasteiger partial charge in [-0.15, -0.1) is 0 Å². The van der Waals surface area contributed by atoms with E-state index in [4.69, 9.17) is 4.74 Å². The molecule has 1 aromatic carbocycles. The van der Waals surface area contributed by atoms with E-state index >= 15 is 0 Å². The lowest BCUT2D eigenvalue weighted by atomic mass is 10.0. The van der Waals surface area contributed by atoms with Crippen LogP contribution in [0.2, 0.25) is 0 Å². The summed E-state index contributed by atoms with van der Waals surface area (Å²) in [6.07, 6.45) is 0. The molecule has 1 N–H and O–H groups in total. The number of hydrogen-bond acceptors (Lipinski definition) is 3. The van der Waals surface area contributed by atoms with Crippen LogP contribution < -0.4 is 10.2 Å². The normalized spacial score (nSPS) is 14.2. The van der Waals surface area contributed by atoms with Gasteiger partial charge in [0.1, 0.15) is 0 Å². The molecule has 1 rings (SSSR count). The lowest BCUT2D eigenvalue weighted by Crippen LogP contribution is -2.34. The van der Waals surface area contributed by atoms with E-state index in [0.717, 1.165) is 17.6 Å². The Hall–Kier alpha value is -0.580. The highest BCUT2D eigenvalue weighted by molar-refractivity contribution is 9.10. The number of anilines is 1. The summed E-state index contributed by atoms with van der Waals surface area (Å²) in [5.41, 5.74) is 2.56. The zero-order chi connectivity index (χ0) is 14.4.